The number of aromatic nitrogens is 1. The van der Waals surface area contributed by atoms with Gasteiger partial charge in [0, 0.05) is 57.3 Å². The molecule has 6 rings (SSSR count). The van der Waals surface area contributed by atoms with Crippen molar-refractivity contribution in [1.29, 1.82) is 0 Å². The molecule has 1 aromatic carbocycles. The third kappa shape index (κ3) is 5.27. The number of β-amino-alcohol motifs (C(OH)–C–C–N with tert-alkyl or cyclic N) is 1. The van der Waals surface area contributed by atoms with Crippen LogP contribution in [0, 0.1) is 11.7 Å². The number of likely N-dealkylation sites (tertiary alicyclic amines) is 2. The van der Waals surface area contributed by atoms with E-state index in [0.29, 0.717) is 31.9 Å². The maximum atomic E-state index is 14.7. The van der Waals surface area contributed by atoms with E-state index >= 15 is 0 Å². The molecule has 0 unspecified atom stereocenters. The summed E-state index contributed by atoms with van der Waals surface area (Å²) >= 11 is 0. The van der Waals surface area contributed by atoms with Crippen LogP contribution in [0.3, 0.4) is 0 Å². The van der Waals surface area contributed by atoms with Crippen molar-refractivity contribution < 1.29 is 19.1 Å². The molecule has 9 heteroatoms. The van der Waals surface area contributed by atoms with Crippen molar-refractivity contribution in [3.05, 3.63) is 59.0 Å². The van der Waals surface area contributed by atoms with Crippen molar-refractivity contribution in [2.75, 3.05) is 38.0 Å². The van der Waals surface area contributed by atoms with Crippen molar-refractivity contribution in [2.45, 2.75) is 63.3 Å². The molecule has 3 aliphatic heterocycles. The summed E-state index contributed by atoms with van der Waals surface area (Å²) < 4.78 is 14.7. The van der Waals surface area contributed by atoms with Crippen molar-refractivity contribution in [3.63, 3.8) is 0 Å². The Labute approximate surface area is 222 Å². The molecule has 1 saturated carbocycles. The Kier molecular flexibility index (Phi) is 7.05. The zero-order valence-electron chi connectivity index (χ0n) is 21.7. The van der Waals surface area contributed by atoms with Crippen LogP contribution in [0.2, 0.25) is 0 Å². The molecule has 1 aromatic heterocycles. The van der Waals surface area contributed by atoms with Gasteiger partial charge < -0.3 is 20.2 Å². The predicted molar refractivity (Wildman–Crippen MR) is 141 cm³/mol. The molecule has 38 heavy (non-hydrogen) atoms. The number of nitrogens with zero attached hydrogens (tertiary/aromatic N) is 4. The molecule has 2 N–H and O–H groups in total. The molecular weight excluding hydrogens is 485 g/mol. The van der Waals surface area contributed by atoms with Gasteiger partial charge in [-0.05, 0) is 55.7 Å². The number of halogens is 1. The average Bonchev–Trinajstić information content (AvgIpc) is 3.79. The molecule has 8 nitrogen and oxygen atoms in total. The normalized spacial score (nSPS) is 24.7. The van der Waals surface area contributed by atoms with E-state index < -0.39 is 17.8 Å². The van der Waals surface area contributed by atoms with E-state index in [0.717, 1.165) is 51.4 Å². The molecule has 3 fully saturated rings. The number of amides is 2. The van der Waals surface area contributed by atoms with Crippen LogP contribution in [0.5, 0.6) is 0 Å². The van der Waals surface area contributed by atoms with E-state index in [4.69, 9.17) is 0 Å². The molecule has 0 radical (unpaired) electrons. The number of pyridine rings is 1. The first kappa shape index (κ1) is 25.2. The number of benzene rings is 1. The maximum Gasteiger partial charge on any atom is 0.257 e. The predicted octanol–water partition coefficient (Wildman–Crippen LogP) is 2.67. The maximum absolute atomic E-state index is 14.7. The third-order valence-corrected chi connectivity index (χ3v) is 8.63. The Morgan fingerprint density at radius 3 is 2.45 bits per heavy atom. The number of anilines is 1. The van der Waals surface area contributed by atoms with E-state index in [1.54, 1.807) is 4.90 Å². The highest BCUT2D eigenvalue weighted by atomic mass is 19.1. The number of aliphatic hydroxyl groups is 1. The van der Waals surface area contributed by atoms with E-state index in [1.807, 2.05) is 11.0 Å². The van der Waals surface area contributed by atoms with Gasteiger partial charge in [0.1, 0.15) is 5.82 Å². The van der Waals surface area contributed by atoms with Gasteiger partial charge in [0.15, 0.2) is 5.82 Å². The number of aliphatic hydroxyl groups excluding tert-OH is 1. The van der Waals surface area contributed by atoms with E-state index in [-0.39, 0.29) is 36.0 Å². The number of fused-ring (bicyclic) bond motifs is 1. The summed E-state index contributed by atoms with van der Waals surface area (Å²) in [6, 6.07) is 9.99. The van der Waals surface area contributed by atoms with Crippen LogP contribution in [0.25, 0.3) is 0 Å². The molecule has 4 aliphatic rings. The number of carbonyl (C=O) groups is 2. The number of hydrogen-bond donors (Lipinski definition) is 2. The molecule has 2 amide bonds. The molecule has 0 spiro atoms. The van der Waals surface area contributed by atoms with Crippen LogP contribution in [0.4, 0.5) is 10.2 Å². The third-order valence-electron chi connectivity index (χ3n) is 8.63. The molecule has 1 aliphatic carbocycles. The Morgan fingerprint density at radius 2 is 1.71 bits per heavy atom. The van der Waals surface area contributed by atoms with Crippen LogP contribution in [-0.4, -0.2) is 87.5 Å². The summed E-state index contributed by atoms with van der Waals surface area (Å²) in [4.78, 5) is 35.6. The first-order valence-corrected chi connectivity index (χ1v) is 14.0. The summed E-state index contributed by atoms with van der Waals surface area (Å²) in [5, 5.41) is 14.3. The molecule has 4 heterocycles. The van der Waals surface area contributed by atoms with Crippen molar-refractivity contribution in [3.8, 4) is 0 Å². The Balaban J connectivity index is 1.05. The Hall–Kier alpha value is -3.04. The highest BCUT2D eigenvalue weighted by molar-refractivity contribution is 5.95. The molecule has 2 aromatic rings. The lowest BCUT2D eigenvalue weighted by atomic mass is 9.94. The standard InChI is InChI=1S/C29H36FN5O3/c30-24-16-31-27(32-22-8-12-33(13-9-22)28(37)20-5-6-20)15-23(24)29(38)35-14-10-25(26(36)18-35)34-11-7-19-3-1-2-4-21(19)17-34/h1-4,15-16,20,22,25-26,36H,5-14,17-18H2,(H,31,32)/t25-,26-/m0/s1. The van der Waals surface area contributed by atoms with Crippen molar-refractivity contribution in [2.24, 2.45) is 5.92 Å². The van der Waals surface area contributed by atoms with Crippen LogP contribution in [0.1, 0.15) is 53.6 Å². The lowest BCUT2D eigenvalue weighted by Crippen LogP contribution is -2.56. The minimum atomic E-state index is -0.691. The summed E-state index contributed by atoms with van der Waals surface area (Å²) in [7, 11) is 0. The second-order valence-electron chi connectivity index (χ2n) is 11.2. The van der Waals surface area contributed by atoms with Gasteiger partial charge >= 0.3 is 0 Å². The highest BCUT2D eigenvalue weighted by Crippen LogP contribution is 2.32. The largest absolute Gasteiger partial charge is 0.390 e. The van der Waals surface area contributed by atoms with Gasteiger partial charge in [-0.15, -0.1) is 0 Å². The summed E-state index contributed by atoms with van der Waals surface area (Å²) in [5.74, 6) is -0.114. The topological polar surface area (TPSA) is 89.0 Å². The van der Waals surface area contributed by atoms with E-state index in [9.17, 15) is 19.1 Å². The SMILES string of the molecule is O=C(c1cc(NC2CCN(C(=O)C3CC3)CC2)ncc1F)N1CC[C@H](N2CCc3ccccc3C2)[C@@H](O)C1. The second kappa shape index (κ2) is 10.6. The first-order valence-electron chi connectivity index (χ1n) is 14.0. The van der Waals surface area contributed by atoms with Crippen molar-refractivity contribution in [1.82, 2.24) is 19.7 Å². The van der Waals surface area contributed by atoms with Crippen LogP contribution >= 0.6 is 0 Å². The monoisotopic (exact) mass is 521 g/mol. The molecular formula is C29H36FN5O3. The number of nitrogens with one attached hydrogen (secondary N) is 1. The smallest absolute Gasteiger partial charge is 0.257 e. The number of piperidine rings is 2. The fourth-order valence-electron chi connectivity index (χ4n) is 6.22. The zero-order valence-corrected chi connectivity index (χ0v) is 21.7. The fourth-order valence-corrected chi connectivity index (χ4v) is 6.22. The fraction of sp³-hybridized carbons (Fsp3) is 0.552. The van der Waals surface area contributed by atoms with E-state index in [2.05, 4.69) is 33.4 Å². The van der Waals surface area contributed by atoms with Gasteiger partial charge in [-0.3, -0.25) is 14.5 Å². The van der Waals surface area contributed by atoms with Gasteiger partial charge in [0.2, 0.25) is 5.91 Å². The van der Waals surface area contributed by atoms with E-state index in [1.165, 1.54) is 17.2 Å². The van der Waals surface area contributed by atoms with Crippen LogP contribution in [-0.2, 0) is 17.8 Å². The number of hydrogen-bond acceptors (Lipinski definition) is 6. The van der Waals surface area contributed by atoms with Gasteiger partial charge in [0.05, 0.1) is 17.9 Å². The number of carbonyl (C=O) groups excluding carboxylic acids is 2. The molecule has 202 valence electrons. The van der Waals surface area contributed by atoms with Gasteiger partial charge in [-0.25, -0.2) is 9.37 Å². The second-order valence-corrected chi connectivity index (χ2v) is 11.2. The van der Waals surface area contributed by atoms with Crippen LogP contribution < -0.4 is 5.32 Å². The summed E-state index contributed by atoms with van der Waals surface area (Å²) in [6.07, 6.45) is 5.60. The highest BCUT2D eigenvalue weighted by Gasteiger charge is 2.37. The van der Waals surface area contributed by atoms with Gasteiger partial charge in [-0.2, -0.15) is 0 Å². The number of rotatable bonds is 5. The summed E-state index contributed by atoms with van der Waals surface area (Å²) in [5.41, 5.74) is 2.63. The first-order chi connectivity index (χ1) is 18.5. The lowest BCUT2D eigenvalue weighted by molar-refractivity contribution is -0.133. The molecule has 0 bridgehead atoms. The Bertz CT molecular complexity index is 1200. The van der Waals surface area contributed by atoms with Gasteiger partial charge in [0.25, 0.3) is 5.91 Å². The quantitative estimate of drug-likeness (QED) is 0.629. The molecule has 2 saturated heterocycles. The Morgan fingerprint density at radius 1 is 0.974 bits per heavy atom. The zero-order chi connectivity index (χ0) is 26.2. The minimum absolute atomic E-state index is 0.0235. The van der Waals surface area contributed by atoms with Crippen LogP contribution in [0.15, 0.2) is 36.5 Å². The minimum Gasteiger partial charge on any atom is -0.390 e. The average molecular weight is 522 g/mol. The van der Waals surface area contributed by atoms with Gasteiger partial charge in [-0.1, -0.05) is 24.3 Å². The molecule has 2 atom stereocenters. The summed E-state index contributed by atoms with van der Waals surface area (Å²) in [6.45, 7) is 3.74. The lowest BCUT2D eigenvalue weighted by Gasteiger charge is -2.43. The van der Waals surface area contributed by atoms with Crippen molar-refractivity contribution >= 4 is 17.6 Å².